The fraction of sp³-hybridized carbons (Fsp3) is 0.417. The Kier molecular flexibility index (Phi) is 3.10. The predicted molar refractivity (Wildman–Crippen MR) is 62.3 cm³/mol. The van der Waals surface area contributed by atoms with E-state index in [0.717, 1.165) is 28.6 Å². The minimum atomic E-state index is 0.0643. The largest absolute Gasteiger partial charge is 0.497 e. The van der Waals surface area contributed by atoms with Crippen LogP contribution >= 0.6 is 15.9 Å². The van der Waals surface area contributed by atoms with Gasteiger partial charge in [0, 0.05) is 16.8 Å². The number of rotatable bonds is 2. The summed E-state index contributed by atoms with van der Waals surface area (Å²) in [6.07, 6.45) is 2.69. The Balaban J connectivity index is 2.37. The molecule has 0 amide bonds. The second kappa shape index (κ2) is 4.35. The summed E-state index contributed by atoms with van der Waals surface area (Å²) >= 11 is 3.49. The molecule has 1 aliphatic rings. The number of methoxy groups -OCH3 is 1. The van der Waals surface area contributed by atoms with Crippen molar-refractivity contribution in [2.45, 2.75) is 25.2 Å². The molecular weight excluding hydrogens is 256 g/mol. The zero-order valence-corrected chi connectivity index (χ0v) is 10.2. The molecule has 0 aliphatic heterocycles. The molecule has 1 aliphatic carbocycles. The Bertz CT molecular complexity index is 387. The van der Waals surface area contributed by atoms with Gasteiger partial charge in [0.25, 0.3) is 0 Å². The molecule has 0 spiro atoms. The van der Waals surface area contributed by atoms with Crippen molar-refractivity contribution in [3.8, 4) is 5.75 Å². The topological polar surface area (TPSA) is 26.3 Å². The van der Waals surface area contributed by atoms with Gasteiger partial charge in [0.15, 0.2) is 0 Å². The summed E-state index contributed by atoms with van der Waals surface area (Å²) in [6.45, 7) is 0. The lowest BCUT2D eigenvalue weighted by atomic mass is 9.97. The van der Waals surface area contributed by atoms with Gasteiger partial charge in [0.05, 0.1) is 7.11 Å². The van der Waals surface area contributed by atoms with Crippen LogP contribution in [-0.4, -0.2) is 12.9 Å². The van der Waals surface area contributed by atoms with Gasteiger partial charge in [-0.25, -0.2) is 0 Å². The van der Waals surface area contributed by atoms with Crippen molar-refractivity contribution < 1.29 is 9.53 Å². The smallest absolute Gasteiger partial charge is 0.140 e. The lowest BCUT2D eigenvalue weighted by Gasteiger charge is -2.12. The number of Topliss-reactive ketones (excluding diaryl/α,β-unsaturated/α-hetero) is 1. The van der Waals surface area contributed by atoms with Crippen molar-refractivity contribution >= 4 is 21.7 Å². The molecule has 3 heteroatoms. The minimum absolute atomic E-state index is 0.0643. The van der Waals surface area contributed by atoms with Crippen molar-refractivity contribution in [1.82, 2.24) is 0 Å². The molecule has 0 N–H and O–H groups in total. The van der Waals surface area contributed by atoms with Crippen LogP contribution in [0.2, 0.25) is 0 Å². The van der Waals surface area contributed by atoms with Crippen LogP contribution in [-0.2, 0) is 4.79 Å². The van der Waals surface area contributed by atoms with Crippen LogP contribution in [0.5, 0.6) is 5.75 Å². The Morgan fingerprint density at radius 2 is 2.27 bits per heavy atom. The third kappa shape index (κ3) is 2.07. The van der Waals surface area contributed by atoms with Gasteiger partial charge in [0.2, 0.25) is 0 Å². The highest BCUT2D eigenvalue weighted by Crippen LogP contribution is 2.36. The number of ether oxygens (including phenoxy) is 1. The Morgan fingerprint density at radius 1 is 1.47 bits per heavy atom. The first kappa shape index (κ1) is 10.7. The lowest BCUT2D eigenvalue weighted by Crippen LogP contribution is -2.05. The average molecular weight is 269 g/mol. The molecule has 1 atom stereocenters. The van der Waals surface area contributed by atoms with Crippen molar-refractivity contribution in [2.75, 3.05) is 7.11 Å². The number of halogens is 1. The normalized spacial score (nSPS) is 20.7. The zero-order chi connectivity index (χ0) is 10.8. The summed E-state index contributed by atoms with van der Waals surface area (Å²) in [6, 6.07) is 5.80. The Morgan fingerprint density at radius 3 is 2.87 bits per heavy atom. The van der Waals surface area contributed by atoms with Crippen LogP contribution in [0, 0.1) is 0 Å². The Hall–Kier alpha value is -0.830. The first-order chi connectivity index (χ1) is 7.22. The number of hydrogen-bond acceptors (Lipinski definition) is 2. The standard InChI is InChI=1S/C12H13BrO2/c1-15-8-5-6-11(13)10(7-8)9-3-2-4-12(9)14/h5-7,9H,2-4H2,1H3. The molecule has 0 bridgehead atoms. The number of carbonyl (C=O) groups is 1. The summed E-state index contributed by atoms with van der Waals surface area (Å²) in [5, 5.41) is 0. The van der Waals surface area contributed by atoms with Crippen molar-refractivity contribution in [3.63, 3.8) is 0 Å². The summed E-state index contributed by atoms with van der Waals surface area (Å²) < 4.78 is 6.18. The fourth-order valence-electron chi connectivity index (χ4n) is 2.06. The highest BCUT2D eigenvalue weighted by molar-refractivity contribution is 9.10. The fourth-order valence-corrected chi connectivity index (χ4v) is 2.58. The van der Waals surface area contributed by atoms with Gasteiger partial charge < -0.3 is 4.74 Å². The van der Waals surface area contributed by atoms with E-state index >= 15 is 0 Å². The van der Waals surface area contributed by atoms with E-state index in [2.05, 4.69) is 15.9 Å². The van der Waals surface area contributed by atoms with E-state index in [-0.39, 0.29) is 5.92 Å². The quantitative estimate of drug-likeness (QED) is 0.823. The minimum Gasteiger partial charge on any atom is -0.497 e. The molecule has 2 nitrogen and oxygen atoms in total. The lowest BCUT2D eigenvalue weighted by molar-refractivity contribution is -0.118. The molecule has 15 heavy (non-hydrogen) atoms. The van der Waals surface area contributed by atoms with Crippen LogP contribution in [0.15, 0.2) is 22.7 Å². The molecule has 1 saturated carbocycles. The molecule has 0 aromatic heterocycles. The second-order valence-electron chi connectivity index (χ2n) is 3.80. The SMILES string of the molecule is COc1ccc(Br)c(C2CCCC2=O)c1. The summed E-state index contributed by atoms with van der Waals surface area (Å²) in [5.41, 5.74) is 1.07. The molecule has 1 unspecified atom stereocenters. The van der Waals surface area contributed by atoms with E-state index in [1.54, 1.807) is 7.11 Å². The van der Waals surface area contributed by atoms with Gasteiger partial charge in [-0.3, -0.25) is 4.79 Å². The third-order valence-corrected chi connectivity index (χ3v) is 3.61. The number of ketones is 1. The van der Waals surface area contributed by atoms with Crippen LogP contribution in [0.1, 0.15) is 30.7 Å². The first-order valence-corrected chi connectivity index (χ1v) is 5.88. The second-order valence-corrected chi connectivity index (χ2v) is 4.65. The van der Waals surface area contributed by atoms with Crippen LogP contribution in [0.4, 0.5) is 0 Å². The molecule has 1 aromatic rings. The zero-order valence-electron chi connectivity index (χ0n) is 8.63. The van der Waals surface area contributed by atoms with Crippen LogP contribution in [0.3, 0.4) is 0 Å². The molecule has 1 fully saturated rings. The first-order valence-electron chi connectivity index (χ1n) is 5.08. The van der Waals surface area contributed by atoms with E-state index in [1.165, 1.54) is 0 Å². The molecule has 0 saturated heterocycles. The maximum absolute atomic E-state index is 11.7. The molecule has 2 rings (SSSR count). The molecule has 1 aromatic carbocycles. The molecular formula is C12H13BrO2. The van der Waals surface area contributed by atoms with Crippen molar-refractivity contribution in [1.29, 1.82) is 0 Å². The molecule has 0 radical (unpaired) electrons. The summed E-state index contributed by atoms with van der Waals surface area (Å²) in [5.74, 6) is 1.23. The van der Waals surface area contributed by atoms with E-state index in [4.69, 9.17) is 4.74 Å². The van der Waals surface area contributed by atoms with Crippen molar-refractivity contribution in [2.24, 2.45) is 0 Å². The highest BCUT2D eigenvalue weighted by Gasteiger charge is 2.27. The Labute approximate surface area is 97.8 Å². The van der Waals surface area contributed by atoms with E-state index in [1.807, 2.05) is 18.2 Å². The predicted octanol–water partition coefficient (Wildman–Crippen LogP) is 3.29. The van der Waals surface area contributed by atoms with Gasteiger partial charge in [-0.2, -0.15) is 0 Å². The average Bonchev–Trinajstić information content (AvgIpc) is 2.65. The number of hydrogen-bond donors (Lipinski definition) is 0. The third-order valence-electron chi connectivity index (χ3n) is 2.88. The van der Waals surface area contributed by atoms with Crippen LogP contribution in [0.25, 0.3) is 0 Å². The van der Waals surface area contributed by atoms with Gasteiger partial charge in [-0.05, 0) is 36.6 Å². The monoisotopic (exact) mass is 268 g/mol. The summed E-state index contributed by atoms with van der Waals surface area (Å²) in [4.78, 5) is 11.7. The van der Waals surface area contributed by atoms with Gasteiger partial charge >= 0.3 is 0 Å². The van der Waals surface area contributed by atoms with Crippen LogP contribution < -0.4 is 4.74 Å². The molecule has 0 heterocycles. The summed E-state index contributed by atoms with van der Waals surface area (Å²) in [7, 11) is 1.64. The van der Waals surface area contributed by atoms with Crippen molar-refractivity contribution in [3.05, 3.63) is 28.2 Å². The van der Waals surface area contributed by atoms with E-state index in [9.17, 15) is 4.79 Å². The maximum Gasteiger partial charge on any atom is 0.140 e. The van der Waals surface area contributed by atoms with Gasteiger partial charge in [-0.15, -0.1) is 0 Å². The highest BCUT2D eigenvalue weighted by atomic mass is 79.9. The maximum atomic E-state index is 11.7. The van der Waals surface area contributed by atoms with E-state index in [0.29, 0.717) is 12.2 Å². The molecule has 80 valence electrons. The van der Waals surface area contributed by atoms with E-state index < -0.39 is 0 Å². The number of benzene rings is 1. The van der Waals surface area contributed by atoms with Gasteiger partial charge in [0.1, 0.15) is 11.5 Å². The number of carbonyl (C=O) groups excluding carboxylic acids is 1. The van der Waals surface area contributed by atoms with Gasteiger partial charge in [-0.1, -0.05) is 15.9 Å².